The summed E-state index contributed by atoms with van der Waals surface area (Å²) in [5.74, 6) is 0.189. The monoisotopic (exact) mass is 316 g/mol. The first-order valence-electron chi connectivity index (χ1n) is 8.12. The van der Waals surface area contributed by atoms with E-state index in [2.05, 4.69) is 9.88 Å². The van der Waals surface area contributed by atoms with E-state index >= 15 is 0 Å². The van der Waals surface area contributed by atoms with E-state index in [9.17, 15) is 4.79 Å². The second-order valence-electron chi connectivity index (χ2n) is 6.55. The maximum atomic E-state index is 12.3. The van der Waals surface area contributed by atoms with Crippen LogP contribution in [0.25, 0.3) is 11.1 Å². The summed E-state index contributed by atoms with van der Waals surface area (Å²) in [4.78, 5) is 20.8. The molecule has 0 saturated carbocycles. The zero-order chi connectivity index (χ0) is 16.6. The molecule has 1 saturated heterocycles. The number of carbonyl (C=O) groups excluding carboxylic acids is 1. The molecule has 6 nitrogen and oxygen atoms in total. The van der Waals surface area contributed by atoms with E-state index in [1.54, 1.807) is 0 Å². The van der Waals surface area contributed by atoms with Gasteiger partial charge in [-0.25, -0.2) is 0 Å². The fourth-order valence-corrected chi connectivity index (χ4v) is 2.77. The molecule has 1 amide bonds. The SMILES string of the molecule is Cc1ccc2oc(N3CCN(C(=O)[C@@H](N)C(C)C)CC3)nc2c1. The van der Waals surface area contributed by atoms with Gasteiger partial charge >= 0.3 is 0 Å². The van der Waals surface area contributed by atoms with Crippen LogP contribution in [0.3, 0.4) is 0 Å². The predicted octanol–water partition coefficient (Wildman–Crippen LogP) is 1.77. The molecule has 6 heteroatoms. The summed E-state index contributed by atoms with van der Waals surface area (Å²) in [6.45, 7) is 8.70. The van der Waals surface area contributed by atoms with E-state index in [0.717, 1.165) is 16.7 Å². The third kappa shape index (κ3) is 3.17. The molecule has 124 valence electrons. The van der Waals surface area contributed by atoms with E-state index < -0.39 is 6.04 Å². The summed E-state index contributed by atoms with van der Waals surface area (Å²) in [6, 6.07) is 6.19. The molecule has 23 heavy (non-hydrogen) atoms. The highest BCUT2D eigenvalue weighted by molar-refractivity contribution is 5.82. The lowest BCUT2D eigenvalue weighted by Crippen LogP contribution is -2.54. The van der Waals surface area contributed by atoms with Crippen molar-refractivity contribution in [1.82, 2.24) is 9.88 Å². The van der Waals surface area contributed by atoms with Gasteiger partial charge in [0.25, 0.3) is 6.01 Å². The van der Waals surface area contributed by atoms with Crippen molar-refractivity contribution < 1.29 is 9.21 Å². The molecule has 1 atom stereocenters. The molecule has 2 aromatic rings. The van der Waals surface area contributed by atoms with E-state index in [1.807, 2.05) is 43.9 Å². The lowest BCUT2D eigenvalue weighted by atomic mass is 10.0. The van der Waals surface area contributed by atoms with E-state index in [-0.39, 0.29) is 11.8 Å². The lowest BCUT2D eigenvalue weighted by molar-refractivity contribution is -0.133. The van der Waals surface area contributed by atoms with Crippen LogP contribution < -0.4 is 10.6 Å². The summed E-state index contributed by atoms with van der Waals surface area (Å²) >= 11 is 0. The molecule has 1 aromatic heterocycles. The highest BCUT2D eigenvalue weighted by Crippen LogP contribution is 2.23. The first-order chi connectivity index (χ1) is 11.0. The Morgan fingerprint density at radius 2 is 1.96 bits per heavy atom. The molecular weight excluding hydrogens is 292 g/mol. The van der Waals surface area contributed by atoms with E-state index in [0.29, 0.717) is 32.2 Å². The largest absolute Gasteiger partial charge is 0.423 e. The Morgan fingerprint density at radius 1 is 1.26 bits per heavy atom. The number of piperazine rings is 1. The number of aromatic nitrogens is 1. The number of oxazole rings is 1. The number of hydrogen-bond acceptors (Lipinski definition) is 5. The van der Waals surface area contributed by atoms with Gasteiger partial charge in [0.2, 0.25) is 5.91 Å². The third-order valence-corrected chi connectivity index (χ3v) is 4.40. The Labute approximate surface area is 136 Å². The highest BCUT2D eigenvalue weighted by atomic mass is 16.4. The lowest BCUT2D eigenvalue weighted by Gasteiger charge is -2.35. The van der Waals surface area contributed by atoms with Crippen LogP contribution in [0.2, 0.25) is 0 Å². The van der Waals surface area contributed by atoms with Gasteiger partial charge in [-0.3, -0.25) is 4.79 Å². The normalized spacial score (nSPS) is 17.1. The second kappa shape index (κ2) is 6.20. The molecule has 0 radical (unpaired) electrons. The molecule has 2 N–H and O–H groups in total. The van der Waals surface area contributed by atoms with Gasteiger partial charge in [0.15, 0.2) is 5.58 Å². The maximum Gasteiger partial charge on any atom is 0.298 e. The van der Waals surface area contributed by atoms with Gasteiger partial charge in [-0.15, -0.1) is 0 Å². The van der Waals surface area contributed by atoms with Crippen LogP contribution in [-0.4, -0.2) is 48.0 Å². The Morgan fingerprint density at radius 3 is 2.61 bits per heavy atom. The van der Waals surface area contributed by atoms with Crippen LogP contribution in [0, 0.1) is 12.8 Å². The number of fused-ring (bicyclic) bond motifs is 1. The second-order valence-corrected chi connectivity index (χ2v) is 6.55. The first-order valence-corrected chi connectivity index (χ1v) is 8.12. The standard InChI is InChI=1S/C17H24N4O2/c1-11(2)15(18)16(22)20-6-8-21(9-7-20)17-19-13-10-12(3)4-5-14(13)23-17/h4-5,10-11,15H,6-9,18H2,1-3H3/t15-/m0/s1. The molecule has 0 spiro atoms. The molecule has 1 aliphatic rings. The Hall–Kier alpha value is -2.08. The van der Waals surface area contributed by atoms with Crippen molar-refractivity contribution >= 4 is 23.0 Å². The van der Waals surface area contributed by atoms with Crippen LogP contribution >= 0.6 is 0 Å². The maximum absolute atomic E-state index is 12.3. The van der Waals surface area contributed by atoms with Crippen molar-refractivity contribution in [3.63, 3.8) is 0 Å². The van der Waals surface area contributed by atoms with Crippen molar-refractivity contribution in [2.45, 2.75) is 26.8 Å². The quantitative estimate of drug-likeness (QED) is 0.934. The van der Waals surface area contributed by atoms with Gasteiger partial charge in [0.05, 0.1) is 6.04 Å². The van der Waals surface area contributed by atoms with Crippen molar-refractivity contribution in [2.75, 3.05) is 31.1 Å². The van der Waals surface area contributed by atoms with Gasteiger partial charge in [-0.2, -0.15) is 4.98 Å². The van der Waals surface area contributed by atoms with Gasteiger partial charge in [-0.1, -0.05) is 19.9 Å². The topological polar surface area (TPSA) is 75.6 Å². The summed E-state index contributed by atoms with van der Waals surface area (Å²) in [5.41, 5.74) is 8.80. The highest BCUT2D eigenvalue weighted by Gasteiger charge is 2.28. The van der Waals surface area contributed by atoms with Crippen LogP contribution in [-0.2, 0) is 4.79 Å². The van der Waals surface area contributed by atoms with Crippen LogP contribution in [0.1, 0.15) is 19.4 Å². The number of carbonyl (C=O) groups is 1. The number of anilines is 1. The van der Waals surface area contributed by atoms with Crippen LogP contribution in [0.4, 0.5) is 6.01 Å². The minimum Gasteiger partial charge on any atom is -0.423 e. The van der Waals surface area contributed by atoms with Crippen molar-refractivity contribution in [3.05, 3.63) is 23.8 Å². The first kappa shape index (κ1) is 15.8. The average molecular weight is 316 g/mol. The number of nitrogens with zero attached hydrogens (tertiary/aromatic N) is 3. The minimum atomic E-state index is -0.422. The minimum absolute atomic E-state index is 0.0350. The summed E-state index contributed by atoms with van der Waals surface area (Å²) in [6.07, 6.45) is 0. The van der Waals surface area contributed by atoms with Gasteiger partial charge in [0, 0.05) is 26.2 Å². The van der Waals surface area contributed by atoms with Gasteiger partial charge in [0.1, 0.15) is 5.52 Å². The molecule has 0 bridgehead atoms. The molecule has 0 unspecified atom stereocenters. The number of benzene rings is 1. The molecular formula is C17H24N4O2. The zero-order valence-electron chi connectivity index (χ0n) is 14.0. The number of amides is 1. The fraction of sp³-hybridized carbons (Fsp3) is 0.529. The molecule has 0 aliphatic carbocycles. The summed E-state index contributed by atoms with van der Waals surface area (Å²) in [5, 5.41) is 0. The van der Waals surface area contributed by atoms with E-state index in [1.165, 1.54) is 0 Å². The predicted molar refractivity (Wildman–Crippen MR) is 90.4 cm³/mol. The Balaban J connectivity index is 1.67. The molecule has 3 rings (SSSR count). The van der Waals surface area contributed by atoms with Gasteiger partial charge < -0.3 is 20.0 Å². The molecule has 1 aromatic carbocycles. The molecule has 1 fully saturated rings. The number of aryl methyl sites for hydroxylation is 1. The fourth-order valence-electron chi connectivity index (χ4n) is 2.77. The smallest absolute Gasteiger partial charge is 0.298 e. The Kier molecular flexibility index (Phi) is 4.26. The third-order valence-electron chi connectivity index (χ3n) is 4.40. The zero-order valence-corrected chi connectivity index (χ0v) is 14.0. The van der Waals surface area contributed by atoms with Crippen LogP contribution in [0.15, 0.2) is 22.6 Å². The summed E-state index contributed by atoms with van der Waals surface area (Å²) < 4.78 is 5.83. The number of nitrogens with two attached hydrogens (primary N) is 1. The van der Waals surface area contributed by atoms with Crippen molar-refractivity contribution in [3.8, 4) is 0 Å². The van der Waals surface area contributed by atoms with Crippen LogP contribution in [0.5, 0.6) is 0 Å². The number of rotatable bonds is 3. The summed E-state index contributed by atoms with van der Waals surface area (Å²) in [7, 11) is 0. The number of hydrogen-bond donors (Lipinski definition) is 1. The average Bonchev–Trinajstić information content (AvgIpc) is 2.96. The van der Waals surface area contributed by atoms with Gasteiger partial charge in [-0.05, 0) is 30.5 Å². The van der Waals surface area contributed by atoms with Crippen molar-refractivity contribution in [2.24, 2.45) is 11.7 Å². The van der Waals surface area contributed by atoms with E-state index in [4.69, 9.17) is 10.2 Å². The molecule has 1 aliphatic heterocycles. The Bertz CT molecular complexity index is 702. The molecule has 2 heterocycles. The van der Waals surface area contributed by atoms with Crippen molar-refractivity contribution in [1.29, 1.82) is 0 Å².